The second-order valence-corrected chi connectivity index (χ2v) is 6.38. The van der Waals surface area contributed by atoms with Crippen LogP contribution in [0.4, 0.5) is 0 Å². The van der Waals surface area contributed by atoms with E-state index in [9.17, 15) is 0 Å². The van der Waals surface area contributed by atoms with Gasteiger partial charge in [0, 0.05) is 28.8 Å². The summed E-state index contributed by atoms with van der Waals surface area (Å²) in [5.74, 6) is 0.311. The summed E-state index contributed by atoms with van der Waals surface area (Å²) in [5.41, 5.74) is 2.39. The first-order valence-electron chi connectivity index (χ1n) is 7.22. The highest BCUT2D eigenvalue weighted by atomic mass is 79.9. The summed E-state index contributed by atoms with van der Waals surface area (Å²) in [6.07, 6.45) is 4.77. The van der Waals surface area contributed by atoms with E-state index in [1.165, 1.54) is 5.56 Å². The van der Waals surface area contributed by atoms with Crippen LogP contribution in [0.25, 0.3) is 0 Å². The fourth-order valence-electron chi connectivity index (χ4n) is 2.48. The van der Waals surface area contributed by atoms with Crippen LogP contribution in [0.5, 0.6) is 0 Å². The van der Waals surface area contributed by atoms with Crippen LogP contribution in [0.2, 0.25) is 5.02 Å². The van der Waals surface area contributed by atoms with Gasteiger partial charge in [0.25, 0.3) is 0 Å². The summed E-state index contributed by atoms with van der Waals surface area (Å²) >= 11 is 10.0. The SMILES string of the molecule is CCCNC(c1cccc(Br)c1Cl)C(C)c1ccncc1. The van der Waals surface area contributed by atoms with Crippen molar-refractivity contribution in [3.05, 3.63) is 63.3 Å². The van der Waals surface area contributed by atoms with Crippen molar-refractivity contribution in [2.45, 2.75) is 32.2 Å². The minimum Gasteiger partial charge on any atom is -0.309 e. The molecule has 0 fully saturated rings. The van der Waals surface area contributed by atoms with Gasteiger partial charge in [-0.3, -0.25) is 4.98 Å². The molecule has 1 heterocycles. The molecule has 2 unspecified atom stereocenters. The zero-order valence-electron chi connectivity index (χ0n) is 12.3. The van der Waals surface area contributed by atoms with E-state index >= 15 is 0 Å². The van der Waals surface area contributed by atoms with Gasteiger partial charge in [-0.15, -0.1) is 0 Å². The topological polar surface area (TPSA) is 24.9 Å². The van der Waals surface area contributed by atoms with Gasteiger partial charge >= 0.3 is 0 Å². The first-order chi connectivity index (χ1) is 10.1. The summed E-state index contributed by atoms with van der Waals surface area (Å²) in [4.78, 5) is 4.10. The van der Waals surface area contributed by atoms with Gasteiger partial charge in [0.1, 0.15) is 0 Å². The predicted molar refractivity (Wildman–Crippen MR) is 92.8 cm³/mol. The van der Waals surface area contributed by atoms with E-state index in [1.807, 2.05) is 24.5 Å². The second-order valence-electron chi connectivity index (χ2n) is 5.14. The van der Waals surface area contributed by atoms with Crippen LogP contribution >= 0.6 is 27.5 Å². The summed E-state index contributed by atoms with van der Waals surface area (Å²) in [7, 11) is 0. The molecule has 112 valence electrons. The third-order valence-corrected chi connectivity index (χ3v) is 4.97. The average Bonchev–Trinajstić information content (AvgIpc) is 2.52. The molecule has 0 saturated heterocycles. The van der Waals surface area contributed by atoms with Gasteiger partial charge in [-0.25, -0.2) is 0 Å². The number of nitrogens with zero attached hydrogens (tertiary/aromatic N) is 1. The molecule has 21 heavy (non-hydrogen) atoms. The quantitative estimate of drug-likeness (QED) is 0.745. The maximum absolute atomic E-state index is 6.50. The molecule has 1 aromatic carbocycles. The molecule has 0 aliphatic rings. The van der Waals surface area contributed by atoms with Crippen LogP contribution in [-0.4, -0.2) is 11.5 Å². The summed E-state index contributed by atoms with van der Waals surface area (Å²) in [6, 6.07) is 10.4. The molecule has 0 aliphatic heterocycles. The van der Waals surface area contributed by atoms with Gasteiger partial charge in [-0.05, 0) is 58.2 Å². The highest BCUT2D eigenvalue weighted by molar-refractivity contribution is 9.10. The van der Waals surface area contributed by atoms with E-state index in [-0.39, 0.29) is 6.04 Å². The van der Waals surface area contributed by atoms with Crippen molar-refractivity contribution in [2.24, 2.45) is 0 Å². The lowest BCUT2D eigenvalue weighted by Crippen LogP contribution is -2.27. The Morgan fingerprint density at radius 1 is 1.24 bits per heavy atom. The van der Waals surface area contributed by atoms with Gasteiger partial charge in [-0.2, -0.15) is 0 Å². The summed E-state index contributed by atoms with van der Waals surface area (Å²) in [5, 5.41) is 4.41. The van der Waals surface area contributed by atoms with Crippen molar-refractivity contribution in [3.8, 4) is 0 Å². The van der Waals surface area contributed by atoms with Crippen LogP contribution < -0.4 is 5.32 Å². The lowest BCUT2D eigenvalue weighted by atomic mass is 9.89. The summed E-state index contributed by atoms with van der Waals surface area (Å²) < 4.78 is 0.937. The van der Waals surface area contributed by atoms with Crippen LogP contribution in [0, 0.1) is 0 Å². The molecule has 2 nitrogen and oxygen atoms in total. The Hall–Kier alpha value is -0.900. The fourth-order valence-corrected chi connectivity index (χ4v) is 3.10. The number of benzene rings is 1. The molecule has 0 bridgehead atoms. The van der Waals surface area contributed by atoms with E-state index < -0.39 is 0 Å². The van der Waals surface area contributed by atoms with Gasteiger partial charge < -0.3 is 5.32 Å². The number of hydrogen-bond acceptors (Lipinski definition) is 2. The molecular weight excluding hydrogens is 348 g/mol. The predicted octanol–water partition coefficient (Wildman–Crippen LogP) is 5.34. The molecule has 0 saturated carbocycles. The van der Waals surface area contributed by atoms with Gasteiger partial charge in [0.15, 0.2) is 0 Å². The molecule has 0 radical (unpaired) electrons. The third-order valence-electron chi connectivity index (χ3n) is 3.66. The Labute approximate surface area is 140 Å². The zero-order chi connectivity index (χ0) is 15.2. The highest BCUT2D eigenvalue weighted by Gasteiger charge is 2.23. The molecule has 1 aromatic heterocycles. The average molecular weight is 368 g/mol. The number of aromatic nitrogens is 1. The Kier molecular flexibility index (Phi) is 6.22. The Morgan fingerprint density at radius 2 is 1.95 bits per heavy atom. The van der Waals surface area contributed by atoms with Crippen LogP contribution in [0.15, 0.2) is 47.2 Å². The number of nitrogens with one attached hydrogen (secondary N) is 1. The number of pyridine rings is 1. The minimum absolute atomic E-state index is 0.178. The standard InChI is InChI=1S/C17H20BrClN2/c1-3-9-21-17(12(2)13-7-10-20-11-8-13)14-5-4-6-15(18)16(14)19/h4-8,10-12,17,21H,3,9H2,1-2H3. The van der Waals surface area contributed by atoms with Crippen molar-refractivity contribution >= 4 is 27.5 Å². The third kappa shape index (κ3) is 4.06. The number of hydrogen-bond donors (Lipinski definition) is 1. The van der Waals surface area contributed by atoms with Crippen molar-refractivity contribution in [1.82, 2.24) is 10.3 Å². The van der Waals surface area contributed by atoms with Gasteiger partial charge in [0.2, 0.25) is 0 Å². The normalized spacial score (nSPS) is 13.9. The van der Waals surface area contributed by atoms with E-state index in [0.717, 1.165) is 28.0 Å². The first kappa shape index (κ1) is 16.5. The molecule has 0 aliphatic carbocycles. The van der Waals surface area contributed by atoms with Crippen LogP contribution in [0.3, 0.4) is 0 Å². The minimum atomic E-state index is 0.178. The zero-order valence-corrected chi connectivity index (χ0v) is 14.7. The monoisotopic (exact) mass is 366 g/mol. The number of halogens is 2. The molecule has 2 rings (SSSR count). The molecule has 4 heteroatoms. The lowest BCUT2D eigenvalue weighted by molar-refractivity contribution is 0.466. The molecule has 0 spiro atoms. The molecule has 2 aromatic rings. The largest absolute Gasteiger partial charge is 0.309 e. The first-order valence-corrected chi connectivity index (χ1v) is 8.39. The highest BCUT2D eigenvalue weighted by Crippen LogP contribution is 2.37. The van der Waals surface area contributed by atoms with E-state index in [0.29, 0.717) is 5.92 Å². The van der Waals surface area contributed by atoms with E-state index in [4.69, 9.17) is 11.6 Å². The van der Waals surface area contributed by atoms with E-state index in [1.54, 1.807) is 0 Å². The smallest absolute Gasteiger partial charge is 0.0596 e. The van der Waals surface area contributed by atoms with E-state index in [2.05, 4.69) is 58.3 Å². The van der Waals surface area contributed by atoms with Gasteiger partial charge in [-0.1, -0.05) is 37.6 Å². The lowest BCUT2D eigenvalue weighted by Gasteiger charge is -2.27. The molecule has 0 amide bonds. The van der Waals surface area contributed by atoms with Gasteiger partial charge in [0.05, 0.1) is 5.02 Å². The Balaban J connectivity index is 2.36. The Morgan fingerprint density at radius 3 is 2.62 bits per heavy atom. The van der Waals surface area contributed by atoms with Crippen molar-refractivity contribution in [3.63, 3.8) is 0 Å². The molecular formula is C17H20BrClN2. The molecule has 2 atom stereocenters. The Bertz CT molecular complexity index is 574. The van der Waals surface area contributed by atoms with Crippen molar-refractivity contribution in [1.29, 1.82) is 0 Å². The maximum atomic E-state index is 6.50. The van der Waals surface area contributed by atoms with Crippen LogP contribution in [-0.2, 0) is 0 Å². The maximum Gasteiger partial charge on any atom is 0.0596 e. The summed E-state index contributed by atoms with van der Waals surface area (Å²) in [6.45, 7) is 5.35. The van der Waals surface area contributed by atoms with Crippen molar-refractivity contribution in [2.75, 3.05) is 6.54 Å². The second kappa shape index (κ2) is 7.92. The van der Waals surface area contributed by atoms with Crippen LogP contribution in [0.1, 0.15) is 43.4 Å². The molecule has 1 N–H and O–H groups in total. The van der Waals surface area contributed by atoms with Crippen molar-refractivity contribution < 1.29 is 0 Å². The fraction of sp³-hybridized carbons (Fsp3) is 0.353. The number of rotatable bonds is 6.